The molecule has 112 valence electrons. The first-order valence-corrected chi connectivity index (χ1v) is 16.6. The minimum absolute atomic E-state index is 0.342. The number of rotatable bonds is 5. The van der Waals surface area contributed by atoms with Crippen LogP contribution >= 0.6 is 0 Å². The standard InChI is InChI=1S/C11H17Si.C8H11.Zr/c1-12(2)11-8-7-9-5-3-4-6-10(9)11;1-2-5-8-6-3-4-7-8;/h3-6,9-11H,7-8H2,1-2H3;6-7H,2-3,5H2,1H3;. The van der Waals surface area contributed by atoms with Crippen LogP contribution in [0.15, 0.2) is 45.3 Å². The summed E-state index contributed by atoms with van der Waals surface area (Å²) < 4.78 is 1.90. The van der Waals surface area contributed by atoms with Gasteiger partial charge in [0.05, 0.1) is 0 Å². The summed E-state index contributed by atoms with van der Waals surface area (Å²) in [6, 6.07) is 0. The fourth-order valence-corrected chi connectivity index (χ4v) is 19.8. The summed E-state index contributed by atoms with van der Waals surface area (Å²) in [5.74, 6) is 1.76. The molecule has 0 saturated heterocycles. The van der Waals surface area contributed by atoms with E-state index in [0.717, 1.165) is 17.4 Å². The first kappa shape index (κ1) is 15.9. The van der Waals surface area contributed by atoms with Crippen LogP contribution in [-0.2, 0) is 22.4 Å². The molecule has 0 nitrogen and oxygen atoms in total. The van der Waals surface area contributed by atoms with Gasteiger partial charge in [-0.1, -0.05) is 0 Å². The van der Waals surface area contributed by atoms with Gasteiger partial charge < -0.3 is 0 Å². The molecule has 3 rings (SSSR count). The summed E-state index contributed by atoms with van der Waals surface area (Å²) in [5.41, 5.74) is 2.70. The van der Waals surface area contributed by atoms with Crippen molar-refractivity contribution < 1.29 is 22.4 Å². The molecule has 0 heterocycles. The zero-order valence-electron chi connectivity index (χ0n) is 13.7. The molecule has 0 aromatic rings. The maximum absolute atomic E-state index is 2.72. The molecule has 1 saturated carbocycles. The molecule has 0 aliphatic heterocycles. The summed E-state index contributed by atoms with van der Waals surface area (Å²) >= 11 is -0.342. The molecule has 0 amide bonds. The predicted octanol–water partition coefficient (Wildman–Crippen LogP) is 5.81. The van der Waals surface area contributed by atoms with Gasteiger partial charge in [-0.3, -0.25) is 0 Å². The van der Waals surface area contributed by atoms with E-state index in [1.165, 1.54) is 32.1 Å². The average Bonchev–Trinajstić information content (AvgIpc) is 3.05. The Bertz CT molecular complexity index is 510. The van der Waals surface area contributed by atoms with Gasteiger partial charge in [-0.25, -0.2) is 0 Å². The number of hydrogen-bond donors (Lipinski definition) is 0. The molecular weight excluding hydrogens is 348 g/mol. The Morgan fingerprint density at radius 3 is 2.81 bits per heavy atom. The minimum atomic E-state index is -1.01. The molecule has 2 heteroatoms. The molecule has 0 aromatic heterocycles. The third-order valence-electron chi connectivity index (χ3n) is 5.46. The van der Waals surface area contributed by atoms with E-state index < -0.39 is 5.20 Å². The van der Waals surface area contributed by atoms with Crippen molar-refractivity contribution in [3.63, 3.8) is 0 Å². The second-order valence-electron chi connectivity index (χ2n) is 7.44. The third kappa shape index (κ3) is 3.53. The van der Waals surface area contributed by atoms with Gasteiger partial charge in [0.25, 0.3) is 0 Å². The van der Waals surface area contributed by atoms with E-state index in [0.29, 0.717) is 0 Å². The zero-order chi connectivity index (χ0) is 14.9. The zero-order valence-corrected chi connectivity index (χ0v) is 17.2. The van der Waals surface area contributed by atoms with Crippen molar-refractivity contribution in [2.45, 2.75) is 57.7 Å². The third-order valence-corrected chi connectivity index (χ3v) is 19.7. The summed E-state index contributed by atoms with van der Waals surface area (Å²) in [7, 11) is 0. The topological polar surface area (TPSA) is 0 Å². The van der Waals surface area contributed by atoms with Gasteiger partial charge in [-0.15, -0.1) is 0 Å². The van der Waals surface area contributed by atoms with Crippen LogP contribution in [-0.4, -0.2) is 5.20 Å². The van der Waals surface area contributed by atoms with Crippen molar-refractivity contribution in [3.8, 4) is 0 Å². The Morgan fingerprint density at radius 1 is 1.19 bits per heavy atom. The van der Waals surface area contributed by atoms with Gasteiger partial charge in [0, 0.05) is 0 Å². The molecule has 0 aromatic carbocycles. The van der Waals surface area contributed by atoms with Crippen LogP contribution < -0.4 is 0 Å². The van der Waals surface area contributed by atoms with Crippen molar-refractivity contribution in [1.82, 2.24) is 0 Å². The maximum atomic E-state index is 2.72. The van der Waals surface area contributed by atoms with E-state index in [4.69, 9.17) is 0 Å². The first-order valence-electron chi connectivity index (χ1n) is 8.63. The van der Waals surface area contributed by atoms with E-state index in [1.807, 2.05) is 3.28 Å². The van der Waals surface area contributed by atoms with Crippen molar-refractivity contribution in [3.05, 3.63) is 45.3 Å². The fourth-order valence-electron chi connectivity index (χ4n) is 4.44. The Labute approximate surface area is 142 Å². The van der Waals surface area contributed by atoms with Crippen LogP contribution in [0, 0.1) is 11.8 Å². The Hall–Kier alpha value is 0.0600. The molecule has 0 N–H and O–H groups in total. The molecule has 3 aliphatic carbocycles. The monoisotopic (exact) mass is 374 g/mol. The number of allylic oxidation sites excluding steroid dienone is 8. The molecule has 1 fully saturated rings. The van der Waals surface area contributed by atoms with Gasteiger partial charge in [0.1, 0.15) is 0 Å². The summed E-state index contributed by atoms with van der Waals surface area (Å²) in [6.45, 7) is 7.74. The van der Waals surface area contributed by atoms with E-state index in [9.17, 15) is 0 Å². The average molecular weight is 376 g/mol. The second-order valence-corrected chi connectivity index (χ2v) is 24.8. The van der Waals surface area contributed by atoms with E-state index in [2.05, 4.69) is 56.5 Å². The SMILES string of the molecule is CCCC1=CC[C]([Zr][Si](C)(C)C2CCC3C=CC=CC32)=C1. The van der Waals surface area contributed by atoms with Gasteiger partial charge in [-0.2, -0.15) is 0 Å². The summed E-state index contributed by atoms with van der Waals surface area (Å²) in [6.07, 6.45) is 21.6. The van der Waals surface area contributed by atoms with Crippen molar-refractivity contribution in [1.29, 1.82) is 0 Å². The Balaban J connectivity index is 1.66. The molecule has 0 bridgehead atoms. The Morgan fingerprint density at radius 2 is 2.00 bits per heavy atom. The van der Waals surface area contributed by atoms with Gasteiger partial charge >= 0.3 is 142 Å². The van der Waals surface area contributed by atoms with E-state index in [-0.39, 0.29) is 22.4 Å². The summed E-state index contributed by atoms with van der Waals surface area (Å²) in [5, 5.41) is -1.01. The van der Waals surface area contributed by atoms with Crippen molar-refractivity contribution >= 4 is 5.20 Å². The van der Waals surface area contributed by atoms with Gasteiger partial charge in [0.2, 0.25) is 0 Å². The molecular formula is C19H28SiZr. The molecule has 0 spiro atoms. The van der Waals surface area contributed by atoms with E-state index >= 15 is 0 Å². The van der Waals surface area contributed by atoms with Crippen LogP contribution in [0.5, 0.6) is 0 Å². The van der Waals surface area contributed by atoms with Crippen LogP contribution in [0.1, 0.15) is 39.0 Å². The second kappa shape index (κ2) is 6.67. The first-order chi connectivity index (χ1) is 10.1. The summed E-state index contributed by atoms with van der Waals surface area (Å²) in [4.78, 5) is 0. The molecule has 3 unspecified atom stereocenters. The number of hydrogen-bond acceptors (Lipinski definition) is 0. The predicted molar refractivity (Wildman–Crippen MR) is 91.4 cm³/mol. The van der Waals surface area contributed by atoms with Crippen molar-refractivity contribution in [2.75, 3.05) is 0 Å². The van der Waals surface area contributed by atoms with E-state index in [1.54, 1.807) is 5.57 Å². The normalized spacial score (nSPS) is 31.1. The van der Waals surface area contributed by atoms with Crippen LogP contribution in [0.4, 0.5) is 0 Å². The Kier molecular flexibility index (Phi) is 5.06. The number of fused-ring (bicyclic) bond motifs is 1. The molecule has 3 aliphatic rings. The fraction of sp³-hybridized carbons (Fsp3) is 0.579. The molecule has 3 atom stereocenters. The molecule has 21 heavy (non-hydrogen) atoms. The van der Waals surface area contributed by atoms with Crippen LogP contribution in [0.3, 0.4) is 0 Å². The quantitative estimate of drug-likeness (QED) is 0.532. The van der Waals surface area contributed by atoms with Crippen molar-refractivity contribution in [2.24, 2.45) is 11.8 Å². The van der Waals surface area contributed by atoms with Crippen LogP contribution in [0.25, 0.3) is 0 Å². The van der Waals surface area contributed by atoms with Gasteiger partial charge in [0.15, 0.2) is 0 Å². The van der Waals surface area contributed by atoms with Gasteiger partial charge in [-0.05, 0) is 0 Å². The van der Waals surface area contributed by atoms with Crippen LogP contribution in [0.2, 0.25) is 18.6 Å². The molecule has 0 radical (unpaired) electrons.